The summed E-state index contributed by atoms with van der Waals surface area (Å²) in [5.41, 5.74) is 0.0118. The van der Waals surface area contributed by atoms with Gasteiger partial charge in [0.2, 0.25) is 5.91 Å². The number of carbonyl (C=O) groups excluding carboxylic acids is 2. The highest BCUT2D eigenvalue weighted by molar-refractivity contribution is 5.94. The Balaban J connectivity index is 0.00000242. The fraction of sp³-hybridized carbons (Fsp3) is 0.467. The Morgan fingerprint density at radius 2 is 1.91 bits per heavy atom. The first-order chi connectivity index (χ1) is 10.1. The Morgan fingerprint density at radius 3 is 2.50 bits per heavy atom. The Morgan fingerprint density at radius 1 is 1.27 bits per heavy atom. The zero-order chi connectivity index (χ0) is 15.2. The van der Waals surface area contributed by atoms with Crippen LogP contribution in [-0.2, 0) is 4.79 Å². The van der Waals surface area contributed by atoms with Crippen molar-refractivity contribution in [1.29, 1.82) is 0 Å². The third-order valence-corrected chi connectivity index (χ3v) is 3.76. The zero-order valence-corrected chi connectivity index (χ0v) is 13.2. The van der Waals surface area contributed by atoms with E-state index in [4.69, 9.17) is 0 Å². The van der Waals surface area contributed by atoms with E-state index in [0.29, 0.717) is 12.5 Å². The largest absolute Gasteiger partial charge is 0.354 e. The normalized spacial score (nSPS) is 15.2. The van der Waals surface area contributed by atoms with E-state index in [1.54, 1.807) is 6.07 Å². The van der Waals surface area contributed by atoms with Crippen LogP contribution in [0.2, 0.25) is 0 Å². The molecule has 1 unspecified atom stereocenters. The first-order valence-corrected chi connectivity index (χ1v) is 7.10. The molecule has 1 aromatic rings. The minimum Gasteiger partial charge on any atom is -0.354 e. The molecule has 1 fully saturated rings. The van der Waals surface area contributed by atoms with Crippen LogP contribution in [0.5, 0.6) is 0 Å². The summed E-state index contributed by atoms with van der Waals surface area (Å²) in [6, 6.07) is 5.80. The molecule has 0 spiro atoms. The molecule has 1 aromatic carbocycles. The van der Waals surface area contributed by atoms with Gasteiger partial charge in [0.05, 0.1) is 5.56 Å². The molecule has 0 aromatic heterocycles. The fourth-order valence-corrected chi connectivity index (χ4v) is 2.14. The summed E-state index contributed by atoms with van der Waals surface area (Å²) in [4.78, 5) is 23.6. The lowest BCUT2D eigenvalue weighted by molar-refractivity contribution is -0.126. The third kappa shape index (κ3) is 4.68. The van der Waals surface area contributed by atoms with Gasteiger partial charge in [-0.05, 0) is 31.1 Å². The molecule has 2 rings (SSSR count). The molecule has 2 amide bonds. The summed E-state index contributed by atoms with van der Waals surface area (Å²) in [6.07, 6.45) is 0. The number of amides is 2. The zero-order valence-electron chi connectivity index (χ0n) is 12.4. The molecule has 0 radical (unpaired) electrons. The second-order valence-electron chi connectivity index (χ2n) is 5.23. The molecule has 1 saturated heterocycles. The van der Waals surface area contributed by atoms with Crippen LogP contribution in [0.4, 0.5) is 4.39 Å². The van der Waals surface area contributed by atoms with Gasteiger partial charge >= 0.3 is 0 Å². The molecule has 22 heavy (non-hydrogen) atoms. The standard InChI is InChI=1S/C15H20FN3O2.ClH/c1-10(11-8-17-9-11)14(20)18-6-7-19-15(21)12-4-2-3-5-13(12)16;/h2-5,10-11,17H,6-9H2,1H3,(H,18,20)(H,19,21);1H. The number of benzene rings is 1. The summed E-state index contributed by atoms with van der Waals surface area (Å²) in [5.74, 6) is -0.683. The summed E-state index contributed by atoms with van der Waals surface area (Å²) < 4.78 is 13.4. The van der Waals surface area contributed by atoms with E-state index in [0.717, 1.165) is 13.1 Å². The first-order valence-electron chi connectivity index (χ1n) is 7.10. The molecule has 5 nitrogen and oxygen atoms in total. The maximum Gasteiger partial charge on any atom is 0.254 e. The van der Waals surface area contributed by atoms with E-state index in [1.807, 2.05) is 6.92 Å². The fourth-order valence-electron chi connectivity index (χ4n) is 2.14. The lowest BCUT2D eigenvalue weighted by Gasteiger charge is -2.31. The van der Waals surface area contributed by atoms with Gasteiger partial charge < -0.3 is 16.0 Å². The van der Waals surface area contributed by atoms with Crippen molar-refractivity contribution in [3.63, 3.8) is 0 Å². The molecular weight excluding hydrogens is 309 g/mol. The van der Waals surface area contributed by atoms with Crippen LogP contribution in [0.3, 0.4) is 0 Å². The van der Waals surface area contributed by atoms with Crippen LogP contribution in [-0.4, -0.2) is 38.0 Å². The smallest absolute Gasteiger partial charge is 0.254 e. The summed E-state index contributed by atoms with van der Waals surface area (Å²) in [5, 5.41) is 8.49. The minimum absolute atomic E-state index is 0. The van der Waals surface area contributed by atoms with E-state index in [9.17, 15) is 14.0 Å². The minimum atomic E-state index is -0.551. The second kappa shape index (κ2) is 8.70. The molecule has 7 heteroatoms. The van der Waals surface area contributed by atoms with Crippen molar-refractivity contribution in [2.24, 2.45) is 11.8 Å². The van der Waals surface area contributed by atoms with E-state index in [1.165, 1.54) is 18.2 Å². The van der Waals surface area contributed by atoms with Crippen LogP contribution < -0.4 is 16.0 Å². The van der Waals surface area contributed by atoms with Crippen LogP contribution >= 0.6 is 12.4 Å². The lowest BCUT2D eigenvalue weighted by Crippen LogP contribution is -2.50. The van der Waals surface area contributed by atoms with E-state index in [-0.39, 0.29) is 36.3 Å². The second-order valence-corrected chi connectivity index (χ2v) is 5.23. The highest BCUT2D eigenvalue weighted by atomic mass is 35.5. The van der Waals surface area contributed by atoms with Gasteiger partial charge in [-0.3, -0.25) is 9.59 Å². The lowest BCUT2D eigenvalue weighted by atomic mass is 9.88. The predicted molar refractivity (Wildman–Crippen MR) is 84.5 cm³/mol. The van der Waals surface area contributed by atoms with Gasteiger partial charge in [0, 0.05) is 19.0 Å². The van der Waals surface area contributed by atoms with Crippen LogP contribution in [0.1, 0.15) is 17.3 Å². The quantitative estimate of drug-likeness (QED) is 0.681. The Hall–Kier alpha value is -1.66. The van der Waals surface area contributed by atoms with Crippen LogP contribution in [0, 0.1) is 17.7 Å². The third-order valence-electron chi connectivity index (χ3n) is 3.76. The summed E-state index contributed by atoms with van der Waals surface area (Å²) in [6.45, 7) is 4.26. The summed E-state index contributed by atoms with van der Waals surface area (Å²) in [7, 11) is 0. The van der Waals surface area contributed by atoms with Gasteiger partial charge in [0.1, 0.15) is 5.82 Å². The van der Waals surface area contributed by atoms with Crippen molar-refractivity contribution in [3.8, 4) is 0 Å². The van der Waals surface area contributed by atoms with Gasteiger partial charge in [-0.1, -0.05) is 19.1 Å². The van der Waals surface area contributed by atoms with E-state index in [2.05, 4.69) is 16.0 Å². The molecule has 3 N–H and O–H groups in total. The van der Waals surface area contributed by atoms with Crippen molar-refractivity contribution >= 4 is 24.2 Å². The molecule has 0 saturated carbocycles. The molecular formula is C15H21ClFN3O2. The van der Waals surface area contributed by atoms with Crippen molar-refractivity contribution in [3.05, 3.63) is 35.6 Å². The molecule has 0 aliphatic carbocycles. The number of nitrogens with one attached hydrogen (secondary N) is 3. The monoisotopic (exact) mass is 329 g/mol. The van der Waals surface area contributed by atoms with Crippen molar-refractivity contribution < 1.29 is 14.0 Å². The van der Waals surface area contributed by atoms with Crippen LogP contribution in [0.25, 0.3) is 0 Å². The Labute approximate surface area is 135 Å². The highest BCUT2D eigenvalue weighted by Crippen LogP contribution is 2.15. The number of hydrogen-bond donors (Lipinski definition) is 3. The van der Waals surface area contributed by atoms with Gasteiger partial charge in [-0.15, -0.1) is 12.4 Å². The highest BCUT2D eigenvalue weighted by Gasteiger charge is 2.28. The first kappa shape index (κ1) is 18.4. The number of carbonyl (C=O) groups is 2. The van der Waals surface area contributed by atoms with Gasteiger partial charge in [0.15, 0.2) is 0 Å². The van der Waals surface area contributed by atoms with Gasteiger partial charge in [-0.2, -0.15) is 0 Å². The Kier molecular flexibility index (Phi) is 7.27. The maximum atomic E-state index is 13.4. The molecule has 0 bridgehead atoms. The topological polar surface area (TPSA) is 70.2 Å². The van der Waals surface area contributed by atoms with E-state index < -0.39 is 11.7 Å². The maximum absolute atomic E-state index is 13.4. The van der Waals surface area contributed by atoms with E-state index >= 15 is 0 Å². The molecule has 1 atom stereocenters. The van der Waals surface area contributed by atoms with Gasteiger partial charge in [0.25, 0.3) is 5.91 Å². The SMILES string of the molecule is CC(C(=O)NCCNC(=O)c1ccccc1F)C1CNC1.Cl. The Bertz CT molecular complexity index is 523. The average Bonchev–Trinajstić information content (AvgIpc) is 2.41. The van der Waals surface area contributed by atoms with Crippen molar-refractivity contribution in [1.82, 2.24) is 16.0 Å². The summed E-state index contributed by atoms with van der Waals surface area (Å²) >= 11 is 0. The molecule has 1 aliphatic rings. The average molecular weight is 330 g/mol. The molecule has 1 aliphatic heterocycles. The number of rotatable bonds is 6. The van der Waals surface area contributed by atoms with Crippen molar-refractivity contribution in [2.45, 2.75) is 6.92 Å². The predicted octanol–water partition coefficient (Wildman–Crippen LogP) is 0.949. The number of halogens is 2. The van der Waals surface area contributed by atoms with Gasteiger partial charge in [-0.25, -0.2) is 4.39 Å². The molecule has 1 heterocycles. The van der Waals surface area contributed by atoms with Crippen molar-refractivity contribution in [2.75, 3.05) is 26.2 Å². The number of hydrogen-bond acceptors (Lipinski definition) is 3. The molecule has 122 valence electrons. The van der Waals surface area contributed by atoms with Crippen LogP contribution in [0.15, 0.2) is 24.3 Å².